The van der Waals surface area contributed by atoms with E-state index in [9.17, 15) is 4.79 Å². The first kappa shape index (κ1) is 15.3. The minimum atomic E-state index is 0.183. The summed E-state index contributed by atoms with van der Waals surface area (Å²) in [6.45, 7) is 2.09. The molecule has 1 atom stereocenters. The molecule has 0 aromatic heterocycles. The van der Waals surface area contributed by atoms with Crippen LogP contribution in [0.15, 0.2) is 30.3 Å². The summed E-state index contributed by atoms with van der Waals surface area (Å²) in [5, 5.41) is 0. The predicted molar refractivity (Wildman–Crippen MR) is 79.1 cm³/mol. The normalized spacial score (nSPS) is 12.4. The van der Waals surface area contributed by atoms with Crippen LogP contribution in [0.25, 0.3) is 6.08 Å². The summed E-state index contributed by atoms with van der Waals surface area (Å²) in [6, 6.07) is 7.92. The third-order valence-electron chi connectivity index (χ3n) is 2.96. The van der Waals surface area contributed by atoms with Gasteiger partial charge in [-0.25, -0.2) is 0 Å². The maximum atomic E-state index is 11.6. The van der Waals surface area contributed by atoms with Gasteiger partial charge in [-0.05, 0) is 30.0 Å². The van der Waals surface area contributed by atoms with Gasteiger partial charge in [-0.1, -0.05) is 31.2 Å². The Morgan fingerprint density at radius 1 is 1.42 bits per heavy atom. The second kappa shape index (κ2) is 7.62. The molecule has 0 aliphatic carbocycles. The van der Waals surface area contributed by atoms with E-state index >= 15 is 0 Å². The molecule has 104 valence electrons. The summed E-state index contributed by atoms with van der Waals surface area (Å²) in [6.07, 6.45) is 5.67. The first-order chi connectivity index (χ1) is 9.02. The van der Waals surface area contributed by atoms with Gasteiger partial charge < -0.3 is 9.64 Å². The summed E-state index contributed by atoms with van der Waals surface area (Å²) in [7, 11) is 5.25. The maximum Gasteiger partial charge on any atom is 0.222 e. The fraction of sp³-hybridized carbons (Fsp3) is 0.438. The lowest BCUT2D eigenvalue weighted by Crippen LogP contribution is -2.23. The molecule has 1 rings (SSSR count). The highest BCUT2D eigenvalue weighted by Gasteiger charge is 2.08. The van der Waals surface area contributed by atoms with Gasteiger partial charge in [0.05, 0.1) is 7.11 Å². The number of rotatable bonds is 6. The topological polar surface area (TPSA) is 29.5 Å². The third kappa shape index (κ3) is 5.60. The van der Waals surface area contributed by atoms with E-state index in [4.69, 9.17) is 4.74 Å². The standard InChI is InChI=1S/C16H23NO2/c1-13(11-16(18)17(2)3)7-5-8-14-9-6-10-15(12-14)19-4/h5-6,8-10,12-13H,7,11H2,1-4H3. The molecule has 0 N–H and O–H groups in total. The SMILES string of the molecule is COc1cccc(C=CCC(C)CC(=O)N(C)C)c1. The predicted octanol–water partition coefficient (Wildman–Crippen LogP) is 3.21. The lowest BCUT2D eigenvalue weighted by Gasteiger charge is -2.13. The zero-order valence-corrected chi connectivity index (χ0v) is 12.2. The molecular formula is C16H23NO2. The number of allylic oxidation sites excluding steroid dienone is 1. The number of hydrogen-bond acceptors (Lipinski definition) is 2. The van der Waals surface area contributed by atoms with Gasteiger partial charge in [0.1, 0.15) is 5.75 Å². The van der Waals surface area contributed by atoms with E-state index in [2.05, 4.69) is 19.1 Å². The molecule has 0 radical (unpaired) electrons. The quantitative estimate of drug-likeness (QED) is 0.787. The van der Waals surface area contributed by atoms with Crippen molar-refractivity contribution in [1.29, 1.82) is 0 Å². The smallest absolute Gasteiger partial charge is 0.222 e. The summed E-state index contributed by atoms with van der Waals surface area (Å²) in [5.74, 6) is 1.40. The van der Waals surface area contributed by atoms with Crippen LogP contribution in [0.4, 0.5) is 0 Å². The Morgan fingerprint density at radius 2 is 2.16 bits per heavy atom. The van der Waals surface area contributed by atoms with Gasteiger partial charge in [0, 0.05) is 20.5 Å². The Morgan fingerprint density at radius 3 is 2.79 bits per heavy atom. The summed E-state index contributed by atoms with van der Waals surface area (Å²) in [4.78, 5) is 13.2. The van der Waals surface area contributed by atoms with Crippen LogP contribution in [-0.4, -0.2) is 32.0 Å². The third-order valence-corrected chi connectivity index (χ3v) is 2.96. The zero-order chi connectivity index (χ0) is 14.3. The molecule has 1 aromatic carbocycles. The molecule has 1 amide bonds. The molecule has 19 heavy (non-hydrogen) atoms. The van der Waals surface area contributed by atoms with Crippen LogP contribution in [0, 0.1) is 5.92 Å². The second-order valence-corrected chi connectivity index (χ2v) is 5.01. The van der Waals surface area contributed by atoms with Crippen molar-refractivity contribution in [3.8, 4) is 5.75 Å². The molecule has 1 unspecified atom stereocenters. The number of carbonyl (C=O) groups is 1. The average molecular weight is 261 g/mol. The minimum absolute atomic E-state index is 0.183. The molecule has 0 saturated heterocycles. The fourth-order valence-corrected chi connectivity index (χ4v) is 1.75. The molecule has 0 heterocycles. The first-order valence-electron chi connectivity index (χ1n) is 6.53. The number of carbonyl (C=O) groups excluding carboxylic acids is 1. The molecule has 3 heteroatoms. The second-order valence-electron chi connectivity index (χ2n) is 5.01. The summed E-state index contributed by atoms with van der Waals surface area (Å²) < 4.78 is 5.18. The zero-order valence-electron chi connectivity index (χ0n) is 12.2. The van der Waals surface area contributed by atoms with E-state index < -0.39 is 0 Å². The van der Waals surface area contributed by atoms with Crippen LogP contribution < -0.4 is 4.74 Å². The van der Waals surface area contributed by atoms with E-state index in [0.717, 1.165) is 17.7 Å². The number of hydrogen-bond donors (Lipinski definition) is 0. The van der Waals surface area contributed by atoms with Crippen molar-refractivity contribution in [2.45, 2.75) is 19.8 Å². The van der Waals surface area contributed by atoms with E-state index in [1.54, 1.807) is 26.1 Å². The maximum absolute atomic E-state index is 11.6. The molecular weight excluding hydrogens is 238 g/mol. The lowest BCUT2D eigenvalue weighted by atomic mass is 10.0. The molecule has 0 bridgehead atoms. The molecule has 0 aliphatic rings. The van der Waals surface area contributed by atoms with Gasteiger partial charge in [-0.3, -0.25) is 4.79 Å². The van der Waals surface area contributed by atoms with Crippen molar-refractivity contribution in [3.63, 3.8) is 0 Å². The number of methoxy groups -OCH3 is 1. The van der Waals surface area contributed by atoms with Crippen LogP contribution in [0.3, 0.4) is 0 Å². The van der Waals surface area contributed by atoms with Gasteiger partial charge in [0.2, 0.25) is 5.91 Å². The van der Waals surface area contributed by atoms with Crippen molar-refractivity contribution < 1.29 is 9.53 Å². The number of nitrogens with zero attached hydrogens (tertiary/aromatic N) is 1. The Kier molecular flexibility index (Phi) is 6.13. The van der Waals surface area contributed by atoms with Crippen LogP contribution in [0.5, 0.6) is 5.75 Å². The largest absolute Gasteiger partial charge is 0.497 e. The number of benzene rings is 1. The van der Waals surface area contributed by atoms with Gasteiger partial charge in [0.25, 0.3) is 0 Å². The van der Waals surface area contributed by atoms with E-state index in [1.165, 1.54) is 0 Å². The van der Waals surface area contributed by atoms with Gasteiger partial charge in [-0.2, -0.15) is 0 Å². The Bertz CT molecular complexity index is 438. The highest BCUT2D eigenvalue weighted by atomic mass is 16.5. The highest BCUT2D eigenvalue weighted by molar-refractivity contribution is 5.75. The van der Waals surface area contributed by atoms with Gasteiger partial charge >= 0.3 is 0 Å². The summed E-state index contributed by atoms with van der Waals surface area (Å²) >= 11 is 0. The number of amides is 1. The van der Waals surface area contributed by atoms with E-state index in [1.807, 2.05) is 24.3 Å². The first-order valence-corrected chi connectivity index (χ1v) is 6.53. The van der Waals surface area contributed by atoms with Crippen molar-refractivity contribution >= 4 is 12.0 Å². The van der Waals surface area contributed by atoms with Gasteiger partial charge in [-0.15, -0.1) is 0 Å². The average Bonchev–Trinajstić information content (AvgIpc) is 2.38. The van der Waals surface area contributed by atoms with Crippen LogP contribution >= 0.6 is 0 Å². The summed E-state index contributed by atoms with van der Waals surface area (Å²) in [5.41, 5.74) is 1.12. The molecule has 0 fully saturated rings. The lowest BCUT2D eigenvalue weighted by molar-refractivity contribution is -0.129. The molecule has 1 aromatic rings. The minimum Gasteiger partial charge on any atom is -0.497 e. The molecule has 0 spiro atoms. The van der Waals surface area contributed by atoms with Crippen LogP contribution in [-0.2, 0) is 4.79 Å². The number of ether oxygens (including phenoxy) is 1. The highest BCUT2D eigenvalue weighted by Crippen LogP contribution is 2.15. The molecule has 0 saturated carbocycles. The molecule has 0 aliphatic heterocycles. The van der Waals surface area contributed by atoms with E-state index in [-0.39, 0.29) is 5.91 Å². The van der Waals surface area contributed by atoms with Crippen molar-refractivity contribution in [3.05, 3.63) is 35.9 Å². The van der Waals surface area contributed by atoms with Crippen molar-refractivity contribution in [2.75, 3.05) is 21.2 Å². The molecule has 3 nitrogen and oxygen atoms in total. The van der Waals surface area contributed by atoms with Crippen LogP contribution in [0.2, 0.25) is 0 Å². The Hall–Kier alpha value is -1.77. The Balaban J connectivity index is 2.46. The van der Waals surface area contributed by atoms with Gasteiger partial charge in [0.15, 0.2) is 0 Å². The monoisotopic (exact) mass is 261 g/mol. The Labute approximate surface area is 115 Å². The van der Waals surface area contributed by atoms with E-state index in [0.29, 0.717) is 12.3 Å². The van der Waals surface area contributed by atoms with Crippen molar-refractivity contribution in [1.82, 2.24) is 4.90 Å². The fourth-order valence-electron chi connectivity index (χ4n) is 1.75. The van der Waals surface area contributed by atoms with Crippen LogP contribution in [0.1, 0.15) is 25.3 Å². The van der Waals surface area contributed by atoms with Crippen molar-refractivity contribution in [2.24, 2.45) is 5.92 Å².